The summed E-state index contributed by atoms with van der Waals surface area (Å²) in [5.74, 6) is 1.31. The van der Waals surface area contributed by atoms with Gasteiger partial charge in [0.2, 0.25) is 0 Å². The largest absolute Gasteiger partial charge is 0.456 e. The minimum absolute atomic E-state index is 0.500. The smallest absolute Gasteiger partial charge is 0.146 e. The molecule has 0 radical (unpaired) electrons. The highest BCUT2D eigenvalue weighted by Gasteiger charge is 2.03. The average Bonchev–Trinajstić information content (AvgIpc) is 2.22. The van der Waals surface area contributed by atoms with Gasteiger partial charge in [0.25, 0.3) is 0 Å². The molecule has 0 aromatic heterocycles. The van der Waals surface area contributed by atoms with E-state index in [1.807, 2.05) is 24.3 Å². The molecule has 0 saturated heterocycles. The second-order valence-corrected chi connectivity index (χ2v) is 4.57. The van der Waals surface area contributed by atoms with Crippen LogP contribution >= 0.6 is 27.5 Å². The van der Waals surface area contributed by atoms with Crippen molar-refractivity contribution in [2.24, 2.45) is 0 Å². The molecule has 0 unspecified atom stereocenters. The van der Waals surface area contributed by atoms with Gasteiger partial charge in [0, 0.05) is 10.2 Å². The highest BCUT2D eigenvalue weighted by atomic mass is 79.9. The fourth-order valence-corrected chi connectivity index (χ4v) is 1.86. The number of nitrogen functional groups attached to an aromatic ring is 1. The number of hydrogen-bond acceptors (Lipinski definition) is 2. The predicted molar refractivity (Wildman–Crippen MR) is 70.1 cm³/mol. The van der Waals surface area contributed by atoms with E-state index in [1.165, 1.54) is 0 Å². The molecule has 2 aromatic rings. The van der Waals surface area contributed by atoms with E-state index < -0.39 is 0 Å². The van der Waals surface area contributed by atoms with Crippen molar-refractivity contribution in [3.05, 3.63) is 52.0 Å². The van der Waals surface area contributed by atoms with E-state index in [1.54, 1.807) is 18.2 Å². The highest BCUT2D eigenvalue weighted by molar-refractivity contribution is 9.10. The summed E-state index contributed by atoms with van der Waals surface area (Å²) in [4.78, 5) is 0. The molecule has 2 aromatic carbocycles. The van der Waals surface area contributed by atoms with Crippen LogP contribution in [-0.4, -0.2) is 0 Å². The average molecular weight is 299 g/mol. The predicted octanol–water partition coefficient (Wildman–Crippen LogP) is 4.48. The number of ether oxygens (including phenoxy) is 1. The maximum atomic E-state index is 6.00. The van der Waals surface area contributed by atoms with Crippen molar-refractivity contribution in [2.75, 3.05) is 5.73 Å². The summed E-state index contributed by atoms with van der Waals surface area (Å²) in [7, 11) is 0. The number of halogens is 2. The molecule has 82 valence electrons. The van der Waals surface area contributed by atoms with E-state index >= 15 is 0 Å². The van der Waals surface area contributed by atoms with Crippen LogP contribution in [0.3, 0.4) is 0 Å². The van der Waals surface area contributed by atoms with Gasteiger partial charge in [0.15, 0.2) is 0 Å². The SMILES string of the molecule is Nc1ccc(Oc2cccc(Br)c2)c(Cl)c1. The molecule has 16 heavy (non-hydrogen) atoms. The molecule has 0 amide bonds. The lowest BCUT2D eigenvalue weighted by Gasteiger charge is -2.08. The summed E-state index contributed by atoms with van der Waals surface area (Å²) in [6.07, 6.45) is 0. The van der Waals surface area contributed by atoms with Crippen LogP contribution in [0.5, 0.6) is 11.5 Å². The summed E-state index contributed by atoms with van der Waals surface area (Å²) in [6, 6.07) is 12.7. The molecule has 0 heterocycles. The van der Waals surface area contributed by atoms with Crippen LogP contribution < -0.4 is 10.5 Å². The summed E-state index contributed by atoms with van der Waals surface area (Å²) >= 11 is 9.38. The van der Waals surface area contributed by atoms with Gasteiger partial charge in [-0.15, -0.1) is 0 Å². The quantitative estimate of drug-likeness (QED) is 0.830. The van der Waals surface area contributed by atoms with Crippen LogP contribution in [0.1, 0.15) is 0 Å². The molecular formula is C12H9BrClNO. The third-order valence-electron chi connectivity index (χ3n) is 1.98. The first-order valence-electron chi connectivity index (χ1n) is 4.63. The number of anilines is 1. The van der Waals surface area contributed by atoms with Gasteiger partial charge in [-0.2, -0.15) is 0 Å². The highest BCUT2D eigenvalue weighted by Crippen LogP contribution is 2.31. The van der Waals surface area contributed by atoms with Crippen molar-refractivity contribution >= 4 is 33.2 Å². The van der Waals surface area contributed by atoms with Gasteiger partial charge in [-0.1, -0.05) is 33.6 Å². The van der Waals surface area contributed by atoms with Crippen molar-refractivity contribution in [3.63, 3.8) is 0 Å². The van der Waals surface area contributed by atoms with Crippen LogP contribution in [0.25, 0.3) is 0 Å². The van der Waals surface area contributed by atoms with Crippen molar-refractivity contribution in [2.45, 2.75) is 0 Å². The molecule has 2 N–H and O–H groups in total. The molecular weight excluding hydrogens is 289 g/mol. The van der Waals surface area contributed by atoms with Crippen LogP contribution in [0, 0.1) is 0 Å². The monoisotopic (exact) mass is 297 g/mol. The van der Waals surface area contributed by atoms with E-state index in [0.717, 1.165) is 10.2 Å². The van der Waals surface area contributed by atoms with Gasteiger partial charge >= 0.3 is 0 Å². The molecule has 2 rings (SSSR count). The summed E-state index contributed by atoms with van der Waals surface area (Å²) in [5, 5.41) is 0.500. The Morgan fingerprint density at radius 1 is 1.12 bits per heavy atom. The van der Waals surface area contributed by atoms with Gasteiger partial charge in [0.05, 0.1) is 5.02 Å². The van der Waals surface area contributed by atoms with Gasteiger partial charge in [-0.05, 0) is 36.4 Å². The first-order chi connectivity index (χ1) is 7.65. The topological polar surface area (TPSA) is 35.2 Å². The molecule has 0 aliphatic carbocycles. The van der Waals surface area contributed by atoms with Gasteiger partial charge in [0.1, 0.15) is 11.5 Å². The third-order valence-corrected chi connectivity index (χ3v) is 2.77. The standard InChI is InChI=1S/C12H9BrClNO/c13-8-2-1-3-10(6-8)16-12-5-4-9(15)7-11(12)14/h1-7H,15H2. The molecule has 4 heteroatoms. The van der Waals surface area contributed by atoms with Gasteiger partial charge in [-0.25, -0.2) is 0 Å². The minimum atomic E-state index is 0.500. The first-order valence-corrected chi connectivity index (χ1v) is 5.81. The Morgan fingerprint density at radius 2 is 1.94 bits per heavy atom. The number of rotatable bonds is 2. The fourth-order valence-electron chi connectivity index (χ4n) is 1.26. The molecule has 0 aliphatic heterocycles. The van der Waals surface area contributed by atoms with Crippen LogP contribution in [-0.2, 0) is 0 Å². The summed E-state index contributed by atoms with van der Waals surface area (Å²) in [6.45, 7) is 0. The Labute approximate surface area is 107 Å². The Kier molecular flexibility index (Phi) is 3.36. The first kappa shape index (κ1) is 11.3. The minimum Gasteiger partial charge on any atom is -0.456 e. The van der Waals surface area contributed by atoms with E-state index in [4.69, 9.17) is 22.1 Å². The molecule has 2 nitrogen and oxygen atoms in total. The van der Waals surface area contributed by atoms with Crippen LogP contribution in [0.15, 0.2) is 46.9 Å². The maximum absolute atomic E-state index is 6.00. The summed E-state index contributed by atoms with van der Waals surface area (Å²) < 4.78 is 6.58. The Bertz CT molecular complexity index is 516. The van der Waals surface area contributed by atoms with Gasteiger partial charge < -0.3 is 10.5 Å². The summed E-state index contributed by atoms with van der Waals surface area (Å²) in [5.41, 5.74) is 6.21. The Hall–Kier alpha value is -1.19. The molecule has 0 saturated carbocycles. The number of hydrogen-bond donors (Lipinski definition) is 1. The zero-order valence-corrected chi connectivity index (χ0v) is 10.6. The Balaban J connectivity index is 2.27. The van der Waals surface area contributed by atoms with Crippen molar-refractivity contribution in [1.82, 2.24) is 0 Å². The van der Waals surface area contributed by atoms with E-state index in [0.29, 0.717) is 16.5 Å². The normalized spacial score (nSPS) is 10.1. The molecule has 0 bridgehead atoms. The molecule has 0 spiro atoms. The molecule has 0 fully saturated rings. The molecule has 0 atom stereocenters. The second kappa shape index (κ2) is 4.76. The zero-order valence-electron chi connectivity index (χ0n) is 8.28. The zero-order chi connectivity index (χ0) is 11.5. The maximum Gasteiger partial charge on any atom is 0.146 e. The number of nitrogens with two attached hydrogens (primary N) is 1. The van der Waals surface area contributed by atoms with Crippen molar-refractivity contribution in [1.29, 1.82) is 0 Å². The van der Waals surface area contributed by atoms with E-state index in [2.05, 4.69) is 15.9 Å². The van der Waals surface area contributed by atoms with E-state index in [-0.39, 0.29) is 0 Å². The Morgan fingerprint density at radius 3 is 2.62 bits per heavy atom. The van der Waals surface area contributed by atoms with E-state index in [9.17, 15) is 0 Å². The molecule has 0 aliphatic rings. The van der Waals surface area contributed by atoms with Crippen molar-refractivity contribution < 1.29 is 4.74 Å². The number of benzene rings is 2. The van der Waals surface area contributed by atoms with Crippen LogP contribution in [0.4, 0.5) is 5.69 Å². The fraction of sp³-hybridized carbons (Fsp3) is 0. The third kappa shape index (κ3) is 2.68. The lowest BCUT2D eigenvalue weighted by Crippen LogP contribution is -1.88. The second-order valence-electron chi connectivity index (χ2n) is 3.25. The lowest BCUT2D eigenvalue weighted by molar-refractivity contribution is 0.482. The van der Waals surface area contributed by atoms with Crippen molar-refractivity contribution in [3.8, 4) is 11.5 Å². The van der Waals surface area contributed by atoms with Gasteiger partial charge in [-0.3, -0.25) is 0 Å². The van der Waals surface area contributed by atoms with Crippen LogP contribution in [0.2, 0.25) is 5.02 Å². The lowest BCUT2D eigenvalue weighted by atomic mass is 10.3.